The number of benzene rings is 2. The zero-order valence-corrected chi connectivity index (χ0v) is 18.4. The molecule has 3 rings (SSSR count). The third kappa shape index (κ3) is 5.43. The molecule has 1 aliphatic rings. The van der Waals surface area contributed by atoms with Crippen molar-refractivity contribution in [2.24, 2.45) is 4.99 Å². The molecule has 0 radical (unpaired) electrons. The van der Waals surface area contributed by atoms with Crippen molar-refractivity contribution < 1.29 is 19.0 Å². The molecule has 0 atom stereocenters. The number of carbonyl (C=O) groups excluding carboxylic acids is 1. The maximum absolute atomic E-state index is 13.2. The van der Waals surface area contributed by atoms with E-state index in [1.807, 2.05) is 62.4 Å². The molecule has 0 spiro atoms. The molecule has 2 aromatic rings. The van der Waals surface area contributed by atoms with E-state index in [9.17, 15) is 4.79 Å². The molecule has 2 aromatic carbocycles. The molecule has 0 N–H and O–H groups in total. The Balaban J connectivity index is 1.88. The molecule has 0 aromatic heterocycles. The first-order valence-electron chi connectivity index (χ1n) is 9.69. The Morgan fingerprint density at radius 2 is 1.80 bits per heavy atom. The molecule has 0 bridgehead atoms. The Bertz CT molecular complexity index is 938. The minimum absolute atomic E-state index is 0.165. The smallest absolute Gasteiger partial charge is 0.283 e. The highest BCUT2D eigenvalue weighted by molar-refractivity contribution is 8.14. The normalized spacial score (nSPS) is 15.1. The lowest BCUT2D eigenvalue weighted by Crippen LogP contribution is -2.30. The average Bonchev–Trinajstić information content (AvgIpc) is 3.06. The number of thioether (sulfide) groups is 1. The monoisotopic (exact) mass is 426 g/mol. The topological polar surface area (TPSA) is 60.4 Å². The van der Waals surface area contributed by atoms with E-state index >= 15 is 0 Å². The SMILES string of the molecule is COc1ccc(/C=C2/N=C(SCCOC(C)C)N(c3cccc(OC)c3)C2=O)cc1. The van der Waals surface area contributed by atoms with Gasteiger partial charge < -0.3 is 14.2 Å². The van der Waals surface area contributed by atoms with Gasteiger partial charge in [0.15, 0.2) is 5.17 Å². The number of hydrogen-bond acceptors (Lipinski definition) is 6. The van der Waals surface area contributed by atoms with Gasteiger partial charge in [-0.1, -0.05) is 30.0 Å². The quantitative estimate of drug-likeness (QED) is 0.456. The van der Waals surface area contributed by atoms with Gasteiger partial charge in [-0.25, -0.2) is 4.99 Å². The fraction of sp³-hybridized carbons (Fsp3) is 0.304. The summed E-state index contributed by atoms with van der Waals surface area (Å²) < 4.78 is 16.1. The van der Waals surface area contributed by atoms with E-state index in [1.165, 1.54) is 11.8 Å². The van der Waals surface area contributed by atoms with E-state index in [0.29, 0.717) is 34.7 Å². The third-order valence-corrected chi connectivity index (χ3v) is 5.23. The summed E-state index contributed by atoms with van der Waals surface area (Å²) in [5.74, 6) is 1.96. The van der Waals surface area contributed by atoms with Crippen LogP contribution in [-0.2, 0) is 9.53 Å². The Hall–Kier alpha value is -2.77. The van der Waals surface area contributed by atoms with Crippen LogP contribution in [0.15, 0.2) is 59.2 Å². The van der Waals surface area contributed by atoms with Gasteiger partial charge in [0.1, 0.15) is 17.2 Å². The fourth-order valence-corrected chi connectivity index (χ4v) is 3.69. The van der Waals surface area contributed by atoms with Crippen LogP contribution in [0.5, 0.6) is 11.5 Å². The van der Waals surface area contributed by atoms with Crippen LogP contribution in [-0.4, -0.2) is 43.8 Å². The molecule has 1 heterocycles. The van der Waals surface area contributed by atoms with Gasteiger partial charge in [-0.15, -0.1) is 0 Å². The van der Waals surface area contributed by atoms with Crippen LogP contribution in [0.25, 0.3) is 6.08 Å². The highest BCUT2D eigenvalue weighted by Gasteiger charge is 2.32. The van der Waals surface area contributed by atoms with Gasteiger partial charge in [0, 0.05) is 11.8 Å². The summed E-state index contributed by atoms with van der Waals surface area (Å²) in [5, 5.41) is 0.625. The van der Waals surface area contributed by atoms with E-state index in [-0.39, 0.29) is 12.0 Å². The summed E-state index contributed by atoms with van der Waals surface area (Å²) in [6, 6.07) is 14.9. The molecule has 7 heteroatoms. The maximum atomic E-state index is 13.2. The molecule has 0 saturated heterocycles. The van der Waals surface area contributed by atoms with Crippen molar-refractivity contribution in [2.75, 3.05) is 31.5 Å². The Morgan fingerprint density at radius 1 is 1.07 bits per heavy atom. The van der Waals surface area contributed by atoms with E-state index in [1.54, 1.807) is 25.2 Å². The number of hydrogen-bond donors (Lipinski definition) is 0. The van der Waals surface area contributed by atoms with Crippen LogP contribution in [0.4, 0.5) is 5.69 Å². The molecule has 1 aliphatic heterocycles. The predicted octanol–water partition coefficient (Wildman–Crippen LogP) is 4.61. The van der Waals surface area contributed by atoms with Gasteiger partial charge in [0.25, 0.3) is 5.91 Å². The maximum Gasteiger partial charge on any atom is 0.283 e. The summed E-state index contributed by atoms with van der Waals surface area (Å²) in [6.45, 7) is 4.58. The van der Waals surface area contributed by atoms with Crippen molar-refractivity contribution in [3.63, 3.8) is 0 Å². The number of carbonyl (C=O) groups is 1. The van der Waals surface area contributed by atoms with E-state index < -0.39 is 0 Å². The van der Waals surface area contributed by atoms with Crippen molar-refractivity contribution in [3.05, 3.63) is 59.8 Å². The van der Waals surface area contributed by atoms with Crippen LogP contribution in [0.3, 0.4) is 0 Å². The van der Waals surface area contributed by atoms with Crippen LogP contribution >= 0.6 is 11.8 Å². The third-order valence-electron chi connectivity index (χ3n) is 4.33. The van der Waals surface area contributed by atoms with Gasteiger partial charge in [-0.2, -0.15) is 0 Å². The summed E-state index contributed by atoms with van der Waals surface area (Å²) >= 11 is 1.49. The van der Waals surface area contributed by atoms with Gasteiger partial charge >= 0.3 is 0 Å². The van der Waals surface area contributed by atoms with Gasteiger partial charge in [-0.3, -0.25) is 9.69 Å². The summed E-state index contributed by atoms with van der Waals surface area (Å²) in [5.41, 5.74) is 1.98. The second-order valence-electron chi connectivity index (χ2n) is 6.81. The Labute approximate surface area is 181 Å². The lowest BCUT2D eigenvalue weighted by Gasteiger charge is -2.18. The van der Waals surface area contributed by atoms with Crippen molar-refractivity contribution in [2.45, 2.75) is 20.0 Å². The number of amidine groups is 1. The lowest BCUT2D eigenvalue weighted by atomic mass is 10.2. The summed E-state index contributed by atoms with van der Waals surface area (Å²) in [7, 11) is 3.23. The molecular weight excluding hydrogens is 400 g/mol. The van der Waals surface area contributed by atoms with Crippen molar-refractivity contribution in [1.82, 2.24) is 0 Å². The average molecular weight is 427 g/mol. The summed E-state index contributed by atoms with van der Waals surface area (Å²) in [4.78, 5) is 19.5. The number of nitrogens with zero attached hydrogens (tertiary/aromatic N) is 2. The highest BCUT2D eigenvalue weighted by Crippen LogP contribution is 2.31. The highest BCUT2D eigenvalue weighted by atomic mass is 32.2. The second-order valence-corrected chi connectivity index (χ2v) is 7.87. The predicted molar refractivity (Wildman–Crippen MR) is 122 cm³/mol. The second kappa shape index (κ2) is 10.3. The minimum atomic E-state index is -0.175. The number of ether oxygens (including phenoxy) is 3. The fourth-order valence-electron chi connectivity index (χ4n) is 2.85. The molecule has 0 aliphatic carbocycles. The number of methoxy groups -OCH3 is 2. The van der Waals surface area contributed by atoms with Gasteiger partial charge in [-0.05, 0) is 49.8 Å². The number of rotatable bonds is 8. The first-order chi connectivity index (χ1) is 14.5. The summed E-state index contributed by atoms with van der Waals surface area (Å²) in [6.07, 6.45) is 1.95. The van der Waals surface area contributed by atoms with Gasteiger partial charge in [0.05, 0.1) is 32.6 Å². The molecule has 0 fully saturated rings. The van der Waals surface area contributed by atoms with Crippen molar-refractivity contribution in [3.8, 4) is 11.5 Å². The largest absolute Gasteiger partial charge is 0.497 e. The van der Waals surface area contributed by atoms with Crippen LogP contribution in [0.2, 0.25) is 0 Å². The molecule has 158 valence electrons. The standard InChI is InChI=1S/C23H26N2O4S/c1-16(2)29-12-13-30-23-24-21(14-17-8-10-19(27-3)11-9-17)22(26)25(23)18-6-5-7-20(15-18)28-4/h5-11,14-16H,12-13H2,1-4H3/b21-14+. The van der Waals surface area contributed by atoms with E-state index in [0.717, 1.165) is 11.3 Å². The van der Waals surface area contributed by atoms with Crippen LogP contribution in [0, 0.1) is 0 Å². The first kappa shape index (κ1) is 21.9. The lowest BCUT2D eigenvalue weighted by molar-refractivity contribution is -0.113. The van der Waals surface area contributed by atoms with Crippen molar-refractivity contribution in [1.29, 1.82) is 0 Å². The molecule has 30 heavy (non-hydrogen) atoms. The number of anilines is 1. The molecule has 6 nitrogen and oxygen atoms in total. The number of aliphatic imine (C=N–C) groups is 1. The zero-order chi connectivity index (χ0) is 21.5. The Morgan fingerprint density at radius 3 is 2.47 bits per heavy atom. The van der Waals surface area contributed by atoms with Gasteiger partial charge in [0.2, 0.25) is 0 Å². The molecule has 0 saturated carbocycles. The van der Waals surface area contributed by atoms with Crippen molar-refractivity contribution >= 4 is 34.6 Å². The molecule has 1 amide bonds. The minimum Gasteiger partial charge on any atom is -0.497 e. The van der Waals surface area contributed by atoms with Crippen LogP contribution in [0.1, 0.15) is 19.4 Å². The first-order valence-corrected chi connectivity index (χ1v) is 10.7. The zero-order valence-electron chi connectivity index (χ0n) is 17.6. The van der Waals surface area contributed by atoms with E-state index in [2.05, 4.69) is 4.99 Å². The van der Waals surface area contributed by atoms with E-state index in [4.69, 9.17) is 14.2 Å². The Kier molecular flexibility index (Phi) is 7.54. The van der Waals surface area contributed by atoms with Crippen LogP contribution < -0.4 is 14.4 Å². The molecular formula is C23H26N2O4S. The number of amides is 1. The molecule has 0 unspecified atom stereocenters.